The fourth-order valence-electron chi connectivity index (χ4n) is 3.18. The molecule has 0 bridgehead atoms. The first-order valence-electron chi connectivity index (χ1n) is 9.84. The van der Waals surface area contributed by atoms with Crippen LogP contribution in [0.5, 0.6) is 11.5 Å². The third-order valence-electron chi connectivity index (χ3n) is 4.79. The Morgan fingerprint density at radius 2 is 1.83 bits per heavy atom. The van der Waals surface area contributed by atoms with Gasteiger partial charge in [-0.25, -0.2) is 4.98 Å². The molecule has 0 spiro atoms. The standard InChI is InChI=1S/C23H24N4O2S/c24-21(23(28)27-13-14-30-16-27)15-17-4-8-19(9-5-17)29-20-10-6-18(7-11-20)26-22-3-1-2-12-25-22/h1-12,21H,13-16,24H2,(H,25,26). The Kier molecular flexibility index (Phi) is 6.51. The molecule has 2 aromatic carbocycles. The molecule has 4 rings (SSSR count). The van der Waals surface area contributed by atoms with Crippen LogP contribution in [-0.2, 0) is 11.2 Å². The highest BCUT2D eigenvalue weighted by Crippen LogP contribution is 2.25. The summed E-state index contributed by atoms with van der Waals surface area (Å²) in [5.41, 5.74) is 8.07. The van der Waals surface area contributed by atoms with E-state index in [0.29, 0.717) is 6.42 Å². The fourth-order valence-corrected chi connectivity index (χ4v) is 4.14. The summed E-state index contributed by atoms with van der Waals surface area (Å²) in [6, 6.07) is 20.6. The maximum Gasteiger partial charge on any atom is 0.240 e. The number of rotatable bonds is 7. The Bertz CT molecular complexity index is 959. The predicted octanol–water partition coefficient (Wildman–Crippen LogP) is 4.02. The molecule has 0 saturated carbocycles. The van der Waals surface area contributed by atoms with Crippen LogP contribution in [-0.4, -0.2) is 40.0 Å². The zero-order valence-electron chi connectivity index (χ0n) is 16.5. The number of benzene rings is 2. The van der Waals surface area contributed by atoms with E-state index in [1.807, 2.05) is 71.6 Å². The van der Waals surface area contributed by atoms with Crippen LogP contribution in [0.15, 0.2) is 72.9 Å². The van der Waals surface area contributed by atoms with Gasteiger partial charge in [-0.1, -0.05) is 18.2 Å². The molecule has 1 fully saturated rings. The zero-order chi connectivity index (χ0) is 20.8. The average molecular weight is 421 g/mol. The van der Waals surface area contributed by atoms with E-state index in [0.717, 1.165) is 46.7 Å². The fraction of sp³-hybridized carbons (Fsp3) is 0.217. The van der Waals surface area contributed by atoms with E-state index in [1.54, 1.807) is 18.0 Å². The second kappa shape index (κ2) is 9.65. The lowest BCUT2D eigenvalue weighted by Crippen LogP contribution is -2.43. The number of amides is 1. The van der Waals surface area contributed by atoms with Crippen molar-refractivity contribution in [3.8, 4) is 11.5 Å². The van der Waals surface area contributed by atoms with E-state index in [4.69, 9.17) is 10.5 Å². The van der Waals surface area contributed by atoms with Gasteiger partial charge in [0.05, 0.1) is 11.9 Å². The first-order valence-corrected chi connectivity index (χ1v) is 11.0. The van der Waals surface area contributed by atoms with Crippen molar-refractivity contribution in [2.75, 3.05) is 23.5 Å². The Hall–Kier alpha value is -3.03. The number of anilines is 2. The number of aromatic nitrogens is 1. The third kappa shape index (κ3) is 5.31. The van der Waals surface area contributed by atoms with Gasteiger partial charge in [-0.3, -0.25) is 4.79 Å². The molecule has 30 heavy (non-hydrogen) atoms. The van der Waals surface area contributed by atoms with Crippen LogP contribution in [0.25, 0.3) is 0 Å². The number of thioether (sulfide) groups is 1. The highest BCUT2D eigenvalue weighted by atomic mass is 32.2. The van der Waals surface area contributed by atoms with Crippen LogP contribution in [0.3, 0.4) is 0 Å². The molecule has 154 valence electrons. The van der Waals surface area contributed by atoms with Gasteiger partial charge >= 0.3 is 0 Å². The summed E-state index contributed by atoms with van der Waals surface area (Å²) < 4.78 is 5.92. The topological polar surface area (TPSA) is 80.5 Å². The number of nitrogens with two attached hydrogens (primary N) is 1. The monoisotopic (exact) mass is 420 g/mol. The molecule has 0 aliphatic carbocycles. The van der Waals surface area contributed by atoms with E-state index < -0.39 is 6.04 Å². The van der Waals surface area contributed by atoms with Gasteiger partial charge in [0.2, 0.25) is 5.91 Å². The lowest BCUT2D eigenvalue weighted by Gasteiger charge is -2.19. The number of nitrogens with zero attached hydrogens (tertiary/aromatic N) is 2. The highest BCUT2D eigenvalue weighted by Gasteiger charge is 2.24. The minimum atomic E-state index is -0.505. The number of carbonyl (C=O) groups is 1. The lowest BCUT2D eigenvalue weighted by atomic mass is 10.1. The van der Waals surface area contributed by atoms with Crippen molar-refractivity contribution in [2.24, 2.45) is 5.73 Å². The molecule has 2 heterocycles. The molecule has 0 radical (unpaired) electrons. The second-order valence-corrected chi connectivity index (χ2v) is 8.13. The summed E-state index contributed by atoms with van der Waals surface area (Å²) >= 11 is 1.76. The maximum atomic E-state index is 12.4. The summed E-state index contributed by atoms with van der Waals surface area (Å²) in [5, 5.41) is 3.24. The van der Waals surface area contributed by atoms with Gasteiger partial charge in [0, 0.05) is 24.2 Å². The Morgan fingerprint density at radius 3 is 2.47 bits per heavy atom. The number of pyridine rings is 1. The number of carbonyl (C=O) groups excluding carboxylic acids is 1. The van der Waals surface area contributed by atoms with Crippen LogP contribution in [0.2, 0.25) is 0 Å². The van der Waals surface area contributed by atoms with E-state index in [1.165, 1.54) is 0 Å². The quantitative estimate of drug-likeness (QED) is 0.601. The number of hydrogen-bond acceptors (Lipinski definition) is 6. The smallest absolute Gasteiger partial charge is 0.240 e. The number of ether oxygens (including phenoxy) is 1. The normalized spacial score (nSPS) is 14.4. The van der Waals surface area contributed by atoms with Gasteiger partial charge in [-0.2, -0.15) is 0 Å². The van der Waals surface area contributed by atoms with Gasteiger partial charge in [0.15, 0.2) is 0 Å². The molecular weight excluding hydrogens is 396 g/mol. The first kappa shape index (κ1) is 20.3. The summed E-state index contributed by atoms with van der Waals surface area (Å²) in [5.74, 6) is 4.04. The zero-order valence-corrected chi connectivity index (χ0v) is 17.3. The summed E-state index contributed by atoms with van der Waals surface area (Å²) in [6.45, 7) is 0.792. The predicted molar refractivity (Wildman–Crippen MR) is 121 cm³/mol. The van der Waals surface area contributed by atoms with Gasteiger partial charge in [0.1, 0.15) is 17.3 Å². The molecule has 3 N–H and O–H groups in total. The van der Waals surface area contributed by atoms with Crippen LogP contribution in [0, 0.1) is 0 Å². The van der Waals surface area contributed by atoms with Crippen molar-refractivity contribution in [3.05, 3.63) is 78.5 Å². The maximum absolute atomic E-state index is 12.4. The van der Waals surface area contributed by atoms with E-state index in [-0.39, 0.29) is 5.91 Å². The molecule has 1 aliphatic rings. The molecule has 1 saturated heterocycles. The lowest BCUT2D eigenvalue weighted by molar-refractivity contribution is -0.131. The number of hydrogen-bond donors (Lipinski definition) is 2. The number of nitrogens with one attached hydrogen (secondary N) is 1. The van der Waals surface area contributed by atoms with Crippen molar-refractivity contribution < 1.29 is 9.53 Å². The Morgan fingerprint density at radius 1 is 1.10 bits per heavy atom. The minimum Gasteiger partial charge on any atom is -0.457 e. The third-order valence-corrected chi connectivity index (χ3v) is 5.75. The van der Waals surface area contributed by atoms with Crippen molar-refractivity contribution >= 4 is 29.2 Å². The molecule has 1 aromatic heterocycles. The second-order valence-electron chi connectivity index (χ2n) is 7.06. The SMILES string of the molecule is NC(Cc1ccc(Oc2ccc(Nc3ccccn3)cc2)cc1)C(=O)N1CCSC1. The van der Waals surface area contributed by atoms with Crippen molar-refractivity contribution in [1.29, 1.82) is 0 Å². The van der Waals surface area contributed by atoms with Crippen molar-refractivity contribution in [1.82, 2.24) is 9.88 Å². The van der Waals surface area contributed by atoms with Crippen molar-refractivity contribution in [3.63, 3.8) is 0 Å². The Labute approximate surface area is 180 Å². The van der Waals surface area contributed by atoms with Crippen molar-refractivity contribution in [2.45, 2.75) is 12.5 Å². The van der Waals surface area contributed by atoms with E-state index in [2.05, 4.69) is 10.3 Å². The summed E-state index contributed by atoms with van der Waals surface area (Å²) in [7, 11) is 0. The molecule has 6 nitrogen and oxygen atoms in total. The average Bonchev–Trinajstić information content (AvgIpc) is 3.31. The van der Waals surface area contributed by atoms with Crippen LogP contribution in [0.4, 0.5) is 11.5 Å². The molecule has 1 atom stereocenters. The van der Waals surface area contributed by atoms with Gasteiger partial charge < -0.3 is 20.7 Å². The van der Waals surface area contributed by atoms with E-state index >= 15 is 0 Å². The summed E-state index contributed by atoms with van der Waals surface area (Å²) in [4.78, 5) is 18.4. The molecule has 3 aromatic rings. The van der Waals surface area contributed by atoms with Gasteiger partial charge in [0.25, 0.3) is 0 Å². The van der Waals surface area contributed by atoms with Crippen LogP contribution < -0.4 is 15.8 Å². The molecule has 1 aliphatic heterocycles. The van der Waals surface area contributed by atoms with Crippen LogP contribution >= 0.6 is 11.8 Å². The van der Waals surface area contributed by atoms with Gasteiger partial charge in [-0.15, -0.1) is 11.8 Å². The largest absolute Gasteiger partial charge is 0.457 e. The molecule has 1 amide bonds. The van der Waals surface area contributed by atoms with Crippen LogP contribution in [0.1, 0.15) is 5.56 Å². The Balaban J connectivity index is 1.31. The van der Waals surface area contributed by atoms with Gasteiger partial charge in [-0.05, 0) is 60.5 Å². The minimum absolute atomic E-state index is 0.0275. The molecule has 7 heteroatoms. The highest BCUT2D eigenvalue weighted by molar-refractivity contribution is 7.99. The summed E-state index contributed by atoms with van der Waals surface area (Å²) in [6.07, 6.45) is 2.27. The van der Waals surface area contributed by atoms with E-state index in [9.17, 15) is 4.79 Å². The molecular formula is C23H24N4O2S. The molecule has 1 unspecified atom stereocenters. The first-order chi connectivity index (χ1) is 14.7.